The standard InChI is InChI=1S/C15H15FN2O3S/c1-2-11-7-9-12(10-8-11)22(20,21)18-17-15(19)13-5-3-4-6-14(13)16/h3-10,18H,2H2,1H3,(H,17,19). The number of sulfonamides is 1. The van der Waals surface area contributed by atoms with E-state index in [4.69, 9.17) is 0 Å². The molecule has 0 radical (unpaired) electrons. The zero-order valence-corrected chi connectivity index (χ0v) is 12.7. The van der Waals surface area contributed by atoms with Crippen molar-refractivity contribution in [3.05, 3.63) is 65.5 Å². The third-order valence-electron chi connectivity index (χ3n) is 3.06. The van der Waals surface area contributed by atoms with Crippen molar-refractivity contribution in [2.75, 3.05) is 0 Å². The molecule has 0 aromatic heterocycles. The summed E-state index contributed by atoms with van der Waals surface area (Å²) in [4.78, 5) is 13.7. The van der Waals surface area contributed by atoms with E-state index in [0.29, 0.717) is 0 Å². The van der Waals surface area contributed by atoms with Gasteiger partial charge in [0, 0.05) is 0 Å². The number of carbonyl (C=O) groups is 1. The van der Waals surface area contributed by atoms with Crippen LogP contribution in [0.3, 0.4) is 0 Å². The summed E-state index contributed by atoms with van der Waals surface area (Å²) in [7, 11) is -3.91. The lowest BCUT2D eigenvalue weighted by molar-refractivity contribution is 0.0941. The fraction of sp³-hybridized carbons (Fsp3) is 0.133. The second kappa shape index (κ2) is 6.67. The van der Waals surface area contributed by atoms with Gasteiger partial charge in [0.25, 0.3) is 15.9 Å². The Morgan fingerprint density at radius 3 is 2.32 bits per heavy atom. The van der Waals surface area contributed by atoms with Crippen LogP contribution in [0.25, 0.3) is 0 Å². The second-order valence-corrected chi connectivity index (χ2v) is 6.22. The predicted molar refractivity (Wildman–Crippen MR) is 80.0 cm³/mol. The normalized spacial score (nSPS) is 11.2. The molecule has 0 bridgehead atoms. The number of hydrazine groups is 1. The van der Waals surface area contributed by atoms with Gasteiger partial charge in [0.05, 0.1) is 10.5 Å². The van der Waals surface area contributed by atoms with Crippen molar-refractivity contribution >= 4 is 15.9 Å². The Morgan fingerprint density at radius 1 is 1.09 bits per heavy atom. The first-order valence-corrected chi connectivity index (χ1v) is 8.08. The molecule has 0 saturated carbocycles. The Bertz CT molecular complexity index is 774. The first-order valence-electron chi connectivity index (χ1n) is 6.59. The monoisotopic (exact) mass is 322 g/mol. The zero-order valence-electron chi connectivity index (χ0n) is 11.8. The molecule has 0 aliphatic rings. The fourth-order valence-electron chi connectivity index (χ4n) is 1.79. The minimum absolute atomic E-state index is 0.0125. The minimum Gasteiger partial charge on any atom is -0.273 e. The molecular weight excluding hydrogens is 307 g/mol. The van der Waals surface area contributed by atoms with E-state index in [2.05, 4.69) is 0 Å². The summed E-state index contributed by atoms with van der Waals surface area (Å²) in [5, 5.41) is 0. The van der Waals surface area contributed by atoms with Crippen LogP contribution >= 0.6 is 0 Å². The van der Waals surface area contributed by atoms with E-state index in [1.54, 1.807) is 12.1 Å². The highest BCUT2D eigenvalue weighted by atomic mass is 32.2. The molecule has 0 atom stereocenters. The quantitative estimate of drug-likeness (QED) is 0.827. The van der Waals surface area contributed by atoms with Gasteiger partial charge in [0.1, 0.15) is 5.82 Å². The molecule has 0 saturated heterocycles. The Labute approximate surface area is 128 Å². The second-order valence-electron chi connectivity index (χ2n) is 4.54. The van der Waals surface area contributed by atoms with E-state index in [9.17, 15) is 17.6 Å². The first kappa shape index (κ1) is 16.1. The highest BCUT2D eigenvalue weighted by molar-refractivity contribution is 7.89. The van der Waals surface area contributed by atoms with Crippen molar-refractivity contribution in [1.82, 2.24) is 10.3 Å². The highest BCUT2D eigenvalue weighted by Crippen LogP contribution is 2.11. The molecule has 0 fully saturated rings. The lowest BCUT2D eigenvalue weighted by Gasteiger charge is -2.09. The van der Waals surface area contributed by atoms with Gasteiger partial charge in [-0.3, -0.25) is 10.2 Å². The number of carbonyl (C=O) groups excluding carboxylic acids is 1. The number of aryl methyl sites for hydroxylation is 1. The van der Waals surface area contributed by atoms with Gasteiger partial charge in [0.2, 0.25) is 0 Å². The first-order chi connectivity index (χ1) is 10.4. The van der Waals surface area contributed by atoms with Crippen LogP contribution in [0.1, 0.15) is 22.8 Å². The molecule has 22 heavy (non-hydrogen) atoms. The maximum Gasteiger partial charge on any atom is 0.269 e. The van der Waals surface area contributed by atoms with E-state index in [0.717, 1.165) is 18.1 Å². The van der Waals surface area contributed by atoms with Gasteiger partial charge < -0.3 is 0 Å². The lowest BCUT2D eigenvalue weighted by atomic mass is 10.2. The average Bonchev–Trinajstić information content (AvgIpc) is 2.53. The Hall–Kier alpha value is -2.25. The van der Waals surface area contributed by atoms with Crippen LogP contribution in [0, 0.1) is 5.82 Å². The lowest BCUT2D eigenvalue weighted by Crippen LogP contribution is -2.41. The van der Waals surface area contributed by atoms with Gasteiger partial charge in [-0.2, -0.15) is 0 Å². The molecule has 0 spiro atoms. The van der Waals surface area contributed by atoms with Crippen LogP contribution in [0.2, 0.25) is 0 Å². The SMILES string of the molecule is CCc1ccc(S(=O)(=O)NNC(=O)c2ccccc2F)cc1. The van der Waals surface area contributed by atoms with Gasteiger partial charge >= 0.3 is 0 Å². The third-order valence-corrected chi connectivity index (χ3v) is 4.32. The molecule has 0 aliphatic heterocycles. The van der Waals surface area contributed by atoms with Gasteiger partial charge in [-0.15, -0.1) is 4.83 Å². The Morgan fingerprint density at radius 2 is 1.73 bits per heavy atom. The summed E-state index contributed by atoms with van der Waals surface area (Å²) in [5.74, 6) is -1.60. The summed E-state index contributed by atoms with van der Waals surface area (Å²) >= 11 is 0. The Kier molecular flexibility index (Phi) is 4.89. The van der Waals surface area contributed by atoms with E-state index in [-0.39, 0.29) is 10.5 Å². The number of amides is 1. The maximum atomic E-state index is 13.4. The van der Waals surface area contributed by atoms with Crippen molar-refractivity contribution in [3.8, 4) is 0 Å². The molecular formula is C15H15FN2O3S. The van der Waals surface area contributed by atoms with Crippen molar-refractivity contribution in [2.45, 2.75) is 18.2 Å². The average molecular weight is 322 g/mol. The third kappa shape index (κ3) is 3.69. The van der Waals surface area contributed by atoms with Crippen LogP contribution in [-0.2, 0) is 16.4 Å². The Balaban J connectivity index is 2.09. The van der Waals surface area contributed by atoms with E-state index in [1.165, 1.54) is 30.3 Å². The molecule has 0 unspecified atom stereocenters. The summed E-state index contributed by atoms with van der Waals surface area (Å²) < 4.78 is 37.5. The van der Waals surface area contributed by atoms with E-state index in [1.807, 2.05) is 17.2 Å². The predicted octanol–water partition coefficient (Wildman–Crippen LogP) is 2.01. The molecule has 2 N–H and O–H groups in total. The number of benzene rings is 2. The maximum absolute atomic E-state index is 13.4. The van der Waals surface area contributed by atoms with Gasteiger partial charge in [-0.05, 0) is 36.2 Å². The molecule has 2 rings (SSSR count). The zero-order chi connectivity index (χ0) is 16.2. The highest BCUT2D eigenvalue weighted by Gasteiger charge is 2.17. The van der Waals surface area contributed by atoms with Crippen LogP contribution in [0.4, 0.5) is 4.39 Å². The fourth-order valence-corrected chi connectivity index (χ4v) is 2.63. The van der Waals surface area contributed by atoms with Gasteiger partial charge in [0.15, 0.2) is 0 Å². The summed E-state index contributed by atoms with van der Waals surface area (Å²) in [6, 6.07) is 11.6. The smallest absolute Gasteiger partial charge is 0.269 e. The summed E-state index contributed by atoms with van der Waals surface area (Å²) in [5.41, 5.74) is 2.74. The van der Waals surface area contributed by atoms with Gasteiger partial charge in [-0.25, -0.2) is 12.8 Å². The molecule has 7 heteroatoms. The molecule has 2 aromatic rings. The number of nitrogens with one attached hydrogen (secondary N) is 2. The van der Waals surface area contributed by atoms with Crippen LogP contribution < -0.4 is 10.3 Å². The molecule has 1 amide bonds. The largest absolute Gasteiger partial charge is 0.273 e. The summed E-state index contributed by atoms with van der Waals surface area (Å²) in [6.07, 6.45) is 0.789. The van der Waals surface area contributed by atoms with E-state index >= 15 is 0 Å². The molecule has 0 heterocycles. The van der Waals surface area contributed by atoms with Crippen LogP contribution in [0.15, 0.2) is 53.4 Å². The topological polar surface area (TPSA) is 75.3 Å². The molecule has 2 aromatic carbocycles. The number of rotatable bonds is 5. The summed E-state index contributed by atoms with van der Waals surface area (Å²) in [6.45, 7) is 1.95. The molecule has 0 aliphatic carbocycles. The molecule has 5 nitrogen and oxygen atoms in total. The molecule has 116 valence electrons. The van der Waals surface area contributed by atoms with Gasteiger partial charge in [-0.1, -0.05) is 31.2 Å². The van der Waals surface area contributed by atoms with Crippen molar-refractivity contribution in [2.24, 2.45) is 0 Å². The van der Waals surface area contributed by atoms with Crippen LogP contribution in [-0.4, -0.2) is 14.3 Å². The number of hydrogen-bond donors (Lipinski definition) is 2. The minimum atomic E-state index is -3.91. The van der Waals surface area contributed by atoms with Crippen LogP contribution in [0.5, 0.6) is 0 Å². The van der Waals surface area contributed by atoms with Crippen molar-refractivity contribution in [1.29, 1.82) is 0 Å². The number of halogens is 1. The van der Waals surface area contributed by atoms with Crippen molar-refractivity contribution in [3.63, 3.8) is 0 Å². The number of hydrogen-bond acceptors (Lipinski definition) is 3. The van der Waals surface area contributed by atoms with E-state index < -0.39 is 21.7 Å². The van der Waals surface area contributed by atoms with Crippen molar-refractivity contribution < 1.29 is 17.6 Å².